The zero-order chi connectivity index (χ0) is 37.1. The van der Waals surface area contributed by atoms with Crippen LogP contribution in [0.1, 0.15) is 57.6 Å². The van der Waals surface area contributed by atoms with Crippen molar-refractivity contribution in [1.82, 2.24) is 4.98 Å². The lowest BCUT2D eigenvalue weighted by molar-refractivity contribution is -0.123. The summed E-state index contributed by atoms with van der Waals surface area (Å²) in [4.78, 5) is 18.7. The fraction of sp³-hybridized carbons (Fsp3) is 0.222. The molecule has 1 aliphatic carbocycles. The molecule has 1 aromatic heterocycles. The van der Waals surface area contributed by atoms with Gasteiger partial charge in [-0.15, -0.1) is 0 Å². The lowest BCUT2D eigenvalue weighted by Crippen LogP contribution is -2.33. The van der Waals surface area contributed by atoms with Gasteiger partial charge in [-0.2, -0.15) is 12.4 Å². The SMILES string of the molecule is COc1cc(CC(C(=O)CC(O)C(Cc2cc[n-]c2)C2C=CC(c3cccc4ccccc34)c3c2ccc(O)c3OC)c2cccc(O)c2)ccc1O. The van der Waals surface area contributed by atoms with Gasteiger partial charge in [0.25, 0.3) is 0 Å². The number of phenolic OH excluding ortho intramolecular Hbond substituents is 3. The second-order valence-electron chi connectivity index (χ2n) is 13.7. The first kappa shape index (κ1) is 35.4. The number of rotatable bonds is 13. The Hall–Kier alpha value is -5.99. The summed E-state index contributed by atoms with van der Waals surface area (Å²) in [5.41, 5.74) is 5.09. The second kappa shape index (κ2) is 15.3. The third-order valence-electron chi connectivity index (χ3n) is 10.6. The van der Waals surface area contributed by atoms with E-state index in [1.807, 2.05) is 30.3 Å². The summed E-state index contributed by atoms with van der Waals surface area (Å²) in [5, 5.41) is 46.1. The van der Waals surface area contributed by atoms with Crippen molar-refractivity contribution in [3.05, 3.63) is 161 Å². The molecule has 1 heterocycles. The Balaban J connectivity index is 1.27. The smallest absolute Gasteiger partial charge is 0.164 e. The average molecular weight is 709 g/mol. The maximum absolute atomic E-state index is 14.4. The van der Waals surface area contributed by atoms with Gasteiger partial charge in [-0.1, -0.05) is 90.5 Å². The quantitative estimate of drug-likeness (QED) is 0.0891. The van der Waals surface area contributed by atoms with E-state index < -0.39 is 17.9 Å². The Morgan fingerprint density at radius 3 is 2.34 bits per heavy atom. The highest BCUT2D eigenvalue weighted by Gasteiger charge is 2.38. The third kappa shape index (κ3) is 7.23. The first-order valence-electron chi connectivity index (χ1n) is 17.7. The van der Waals surface area contributed by atoms with Crippen LogP contribution in [0.4, 0.5) is 0 Å². The number of ether oxygens (including phenoxy) is 2. The molecule has 0 aliphatic heterocycles. The van der Waals surface area contributed by atoms with Gasteiger partial charge in [0.05, 0.1) is 20.3 Å². The van der Waals surface area contributed by atoms with E-state index >= 15 is 0 Å². The van der Waals surface area contributed by atoms with Gasteiger partial charge < -0.3 is 34.9 Å². The largest absolute Gasteiger partial charge is 0.670 e. The van der Waals surface area contributed by atoms with Gasteiger partial charge in [-0.05, 0) is 82.1 Å². The molecule has 8 heteroatoms. The fourth-order valence-corrected chi connectivity index (χ4v) is 7.97. The number of aliphatic hydroxyl groups excluding tert-OH is 1. The van der Waals surface area contributed by atoms with Crippen molar-refractivity contribution in [3.8, 4) is 28.7 Å². The van der Waals surface area contributed by atoms with Crippen LogP contribution in [0.25, 0.3) is 10.8 Å². The fourth-order valence-electron chi connectivity index (χ4n) is 7.97. The standard InChI is InChI=1S/C45H42NO7/c1-52-43-23-27(13-17-39(43)48)21-37(30-9-5-10-31(47)24-30)41(50)25-42(51)38(22-28-19-20-46-26-28)34-14-15-35(44-36(34)16-18-40(49)45(44)53-2)33-12-6-8-29-7-3-4-11-32(29)33/h3-20,23-24,26,34-35,37-38,42,47-49,51H,21-22,25H2,1-2H3/q-1. The van der Waals surface area contributed by atoms with Gasteiger partial charge >= 0.3 is 0 Å². The number of carbonyl (C=O) groups is 1. The molecule has 0 bridgehead atoms. The second-order valence-corrected chi connectivity index (χ2v) is 13.7. The molecule has 53 heavy (non-hydrogen) atoms. The van der Waals surface area contributed by atoms with Crippen LogP contribution in [-0.2, 0) is 17.6 Å². The Kier molecular flexibility index (Phi) is 10.2. The maximum Gasteiger partial charge on any atom is 0.164 e. The van der Waals surface area contributed by atoms with E-state index in [-0.39, 0.29) is 47.7 Å². The predicted molar refractivity (Wildman–Crippen MR) is 204 cm³/mol. The minimum absolute atomic E-state index is 0.00907. The summed E-state index contributed by atoms with van der Waals surface area (Å²) in [6.07, 6.45) is 7.20. The molecule has 0 saturated heterocycles. The van der Waals surface area contributed by atoms with E-state index in [2.05, 4.69) is 41.4 Å². The monoisotopic (exact) mass is 708 g/mol. The number of fused-ring (bicyclic) bond motifs is 2. The number of hydrogen-bond donors (Lipinski definition) is 4. The van der Waals surface area contributed by atoms with Gasteiger partial charge in [-0.25, -0.2) is 0 Å². The Morgan fingerprint density at radius 2 is 1.57 bits per heavy atom. The number of carbonyl (C=O) groups excluding carboxylic acids is 1. The Morgan fingerprint density at radius 1 is 0.774 bits per heavy atom. The van der Waals surface area contributed by atoms with Crippen molar-refractivity contribution < 1.29 is 34.7 Å². The summed E-state index contributed by atoms with van der Waals surface area (Å²) in [5.74, 6) is -1.22. The van der Waals surface area contributed by atoms with Gasteiger partial charge in [0.2, 0.25) is 0 Å². The molecule has 0 amide bonds. The highest BCUT2D eigenvalue weighted by molar-refractivity contribution is 5.88. The van der Waals surface area contributed by atoms with Gasteiger partial charge in [0, 0.05) is 29.7 Å². The van der Waals surface area contributed by atoms with E-state index in [1.54, 1.807) is 62.0 Å². The van der Waals surface area contributed by atoms with Crippen LogP contribution in [0.2, 0.25) is 0 Å². The van der Waals surface area contributed by atoms with E-state index in [0.29, 0.717) is 23.5 Å². The van der Waals surface area contributed by atoms with Crippen LogP contribution in [0.15, 0.2) is 128 Å². The molecule has 0 spiro atoms. The number of methoxy groups -OCH3 is 2. The number of allylic oxidation sites excluding steroid dienone is 2. The van der Waals surface area contributed by atoms with Crippen molar-refractivity contribution in [2.24, 2.45) is 5.92 Å². The Labute approximate surface area is 308 Å². The lowest BCUT2D eigenvalue weighted by atomic mass is 9.69. The van der Waals surface area contributed by atoms with Gasteiger partial charge in [-0.3, -0.25) is 4.79 Å². The number of phenols is 3. The van der Waals surface area contributed by atoms with Crippen molar-refractivity contribution >= 4 is 16.6 Å². The molecule has 5 aromatic carbocycles. The summed E-state index contributed by atoms with van der Waals surface area (Å²) in [6.45, 7) is 0. The number of benzene rings is 5. The van der Waals surface area contributed by atoms with E-state index in [9.17, 15) is 25.2 Å². The number of aromatic nitrogens is 1. The highest BCUT2D eigenvalue weighted by Crippen LogP contribution is 2.50. The van der Waals surface area contributed by atoms with Crippen molar-refractivity contribution in [2.45, 2.75) is 43.1 Å². The minimum Gasteiger partial charge on any atom is -0.670 e. The van der Waals surface area contributed by atoms with Crippen molar-refractivity contribution in [2.75, 3.05) is 14.2 Å². The van der Waals surface area contributed by atoms with Crippen LogP contribution in [0, 0.1) is 5.92 Å². The molecule has 5 atom stereocenters. The van der Waals surface area contributed by atoms with Crippen LogP contribution in [0.5, 0.6) is 28.7 Å². The van der Waals surface area contributed by atoms with Gasteiger partial charge in [0.1, 0.15) is 11.5 Å². The summed E-state index contributed by atoms with van der Waals surface area (Å²) < 4.78 is 11.2. The molecule has 0 saturated carbocycles. The number of Topliss-reactive ketones (excluding diaryl/α,β-unsaturated/α-hetero) is 1. The molecule has 7 rings (SSSR count). The van der Waals surface area contributed by atoms with Crippen molar-refractivity contribution in [1.29, 1.82) is 0 Å². The number of aromatic hydroxyl groups is 3. The molecule has 270 valence electrons. The lowest BCUT2D eigenvalue weighted by Gasteiger charge is -2.36. The zero-order valence-corrected chi connectivity index (χ0v) is 29.6. The average Bonchev–Trinajstić information content (AvgIpc) is 3.69. The third-order valence-corrected chi connectivity index (χ3v) is 10.6. The minimum atomic E-state index is -1.08. The predicted octanol–water partition coefficient (Wildman–Crippen LogP) is 7.92. The van der Waals surface area contributed by atoms with Crippen LogP contribution in [0.3, 0.4) is 0 Å². The first-order valence-corrected chi connectivity index (χ1v) is 17.7. The molecule has 5 unspecified atom stereocenters. The summed E-state index contributed by atoms with van der Waals surface area (Å²) >= 11 is 0. The van der Waals surface area contributed by atoms with Gasteiger partial charge in [0.15, 0.2) is 23.0 Å². The zero-order valence-electron chi connectivity index (χ0n) is 29.6. The highest BCUT2D eigenvalue weighted by atomic mass is 16.5. The van der Waals surface area contributed by atoms with Crippen LogP contribution >= 0.6 is 0 Å². The molecular formula is C45H42NO7-. The van der Waals surface area contributed by atoms with Crippen molar-refractivity contribution in [3.63, 3.8) is 0 Å². The molecule has 0 fully saturated rings. The normalized spacial score (nSPS) is 16.8. The van der Waals surface area contributed by atoms with E-state index in [0.717, 1.165) is 38.6 Å². The molecule has 0 radical (unpaired) electrons. The molecule has 4 N–H and O–H groups in total. The van der Waals surface area contributed by atoms with E-state index in [1.165, 1.54) is 13.2 Å². The van der Waals surface area contributed by atoms with Crippen LogP contribution in [-0.4, -0.2) is 46.5 Å². The number of aliphatic hydroxyl groups is 1. The number of nitrogens with zero attached hydrogens (tertiary/aromatic N) is 1. The first-order chi connectivity index (χ1) is 25.7. The number of hydrogen-bond acceptors (Lipinski definition) is 7. The molecular weight excluding hydrogens is 666 g/mol. The van der Waals surface area contributed by atoms with E-state index in [4.69, 9.17) is 9.47 Å². The maximum atomic E-state index is 14.4. The van der Waals surface area contributed by atoms with Crippen LogP contribution < -0.4 is 14.5 Å². The molecule has 1 aliphatic rings. The molecule has 6 aromatic rings. The Bertz CT molecular complexity index is 2250. The summed E-state index contributed by atoms with van der Waals surface area (Å²) in [7, 11) is 3.02. The topological polar surface area (TPSA) is 131 Å². The summed E-state index contributed by atoms with van der Waals surface area (Å²) in [6, 6.07) is 31.4. The number of ketones is 1. The molecule has 8 nitrogen and oxygen atoms in total.